The van der Waals surface area contributed by atoms with E-state index in [-0.39, 0.29) is 18.4 Å². The van der Waals surface area contributed by atoms with Gasteiger partial charge in [-0.2, -0.15) is 0 Å². The molecular weight excluding hydrogens is 360 g/mol. The molecule has 0 spiro atoms. The molecule has 1 heterocycles. The van der Waals surface area contributed by atoms with Gasteiger partial charge in [-0.3, -0.25) is 14.5 Å². The summed E-state index contributed by atoms with van der Waals surface area (Å²) >= 11 is 5.88. The van der Waals surface area contributed by atoms with Gasteiger partial charge in [0.05, 0.1) is 5.69 Å². The van der Waals surface area contributed by atoms with Gasteiger partial charge in [0.15, 0.2) is 0 Å². The Balaban J connectivity index is 1.34. The number of amides is 2. The number of carbonyl (C=O) groups is 2. The number of nitrogens with zero attached hydrogens (tertiary/aromatic N) is 1. The van der Waals surface area contributed by atoms with Crippen molar-refractivity contribution in [2.24, 2.45) is 0 Å². The van der Waals surface area contributed by atoms with Crippen LogP contribution in [0.1, 0.15) is 22.3 Å². The molecule has 0 fully saturated rings. The second-order valence-electron chi connectivity index (χ2n) is 6.65. The number of anilines is 1. The number of hydrogen-bond donors (Lipinski definition) is 1. The second kappa shape index (κ2) is 7.41. The van der Waals surface area contributed by atoms with Crippen LogP contribution in [0.15, 0.2) is 60.7 Å². The molecule has 0 radical (unpaired) electrons. The van der Waals surface area contributed by atoms with Crippen molar-refractivity contribution in [1.82, 2.24) is 5.32 Å². The minimum atomic E-state index is -0.149. The minimum Gasteiger partial charge on any atom is -0.355 e. The molecule has 27 heavy (non-hydrogen) atoms. The fourth-order valence-electron chi connectivity index (χ4n) is 3.51. The largest absolute Gasteiger partial charge is 0.355 e. The average molecular weight is 379 g/mol. The molecule has 5 heteroatoms. The van der Waals surface area contributed by atoms with Gasteiger partial charge in [-0.25, -0.2) is 0 Å². The SMILES string of the molecule is O=C(CN1C(=O)c2cccc3cccc1c23)NCCCc1ccc(Cl)cc1. The summed E-state index contributed by atoms with van der Waals surface area (Å²) in [5.74, 6) is -0.262. The monoisotopic (exact) mass is 378 g/mol. The molecule has 0 bridgehead atoms. The number of nitrogens with one attached hydrogen (secondary N) is 1. The third-order valence-corrected chi connectivity index (χ3v) is 5.08. The van der Waals surface area contributed by atoms with Gasteiger partial charge in [-0.1, -0.05) is 48.0 Å². The zero-order chi connectivity index (χ0) is 18.8. The van der Waals surface area contributed by atoms with Crippen LogP contribution in [0.3, 0.4) is 0 Å². The quantitative estimate of drug-likeness (QED) is 0.653. The minimum absolute atomic E-state index is 0.0353. The molecule has 1 aliphatic rings. The molecule has 4 nitrogen and oxygen atoms in total. The van der Waals surface area contributed by atoms with E-state index in [4.69, 9.17) is 11.6 Å². The first kappa shape index (κ1) is 17.6. The van der Waals surface area contributed by atoms with Crippen LogP contribution in [0.2, 0.25) is 5.02 Å². The van der Waals surface area contributed by atoms with Crippen LogP contribution in [-0.2, 0) is 11.2 Å². The molecule has 0 unspecified atom stereocenters. The summed E-state index contributed by atoms with van der Waals surface area (Å²) in [5, 5.41) is 5.58. The van der Waals surface area contributed by atoms with Crippen LogP contribution >= 0.6 is 11.6 Å². The van der Waals surface area contributed by atoms with Gasteiger partial charge in [0.1, 0.15) is 6.54 Å². The van der Waals surface area contributed by atoms with Crippen molar-refractivity contribution >= 4 is 39.9 Å². The molecule has 2 amide bonds. The summed E-state index contributed by atoms with van der Waals surface area (Å²) in [6.45, 7) is 0.605. The number of hydrogen-bond acceptors (Lipinski definition) is 2. The van der Waals surface area contributed by atoms with Crippen LogP contribution in [0.25, 0.3) is 10.8 Å². The average Bonchev–Trinajstić information content (AvgIpc) is 2.95. The van der Waals surface area contributed by atoms with Gasteiger partial charge < -0.3 is 5.32 Å². The topological polar surface area (TPSA) is 49.4 Å². The maximum absolute atomic E-state index is 12.7. The van der Waals surface area contributed by atoms with Gasteiger partial charge in [0, 0.05) is 22.5 Å². The Hall–Kier alpha value is -2.85. The predicted octanol–water partition coefficient (Wildman–Crippen LogP) is 4.20. The van der Waals surface area contributed by atoms with Gasteiger partial charge in [0.25, 0.3) is 5.91 Å². The number of rotatable bonds is 6. The summed E-state index contributed by atoms with van der Waals surface area (Å²) in [6, 6.07) is 19.2. The standard InChI is InChI=1S/C22H19ClN2O2/c23-17-11-9-15(10-12-17)4-3-13-24-20(26)14-25-19-8-2-6-16-5-1-7-18(21(16)19)22(25)27/h1-2,5-12H,3-4,13-14H2,(H,24,26). The molecule has 136 valence electrons. The van der Waals surface area contributed by atoms with Gasteiger partial charge in [0.2, 0.25) is 5.91 Å². The molecule has 1 N–H and O–H groups in total. The van der Waals surface area contributed by atoms with Gasteiger partial charge in [-0.05, 0) is 48.1 Å². The maximum atomic E-state index is 12.7. The summed E-state index contributed by atoms with van der Waals surface area (Å²) < 4.78 is 0. The number of halogens is 1. The number of carbonyl (C=O) groups excluding carboxylic acids is 2. The summed E-state index contributed by atoms with van der Waals surface area (Å²) in [7, 11) is 0. The highest BCUT2D eigenvalue weighted by Gasteiger charge is 2.30. The van der Waals surface area contributed by atoms with Gasteiger partial charge >= 0.3 is 0 Å². The molecule has 0 saturated heterocycles. The van der Waals surface area contributed by atoms with E-state index in [2.05, 4.69) is 5.32 Å². The van der Waals surface area contributed by atoms with Crippen LogP contribution in [0.5, 0.6) is 0 Å². The lowest BCUT2D eigenvalue weighted by molar-refractivity contribution is -0.119. The first-order chi connectivity index (χ1) is 13.1. The molecule has 0 saturated carbocycles. The van der Waals surface area contributed by atoms with E-state index in [1.807, 2.05) is 60.7 Å². The van der Waals surface area contributed by atoms with Crippen molar-refractivity contribution in [3.63, 3.8) is 0 Å². The Kier molecular flexibility index (Phi) is 4.82. The lowest BCUT2D eigenvalue weighted by Crippen LogP contribution is -2.39. The Morgan fingerprint density at radius 1 is 1.00 bits per heavy atom. The van der Waals surface area contributed by atoms with E-state index in [1.54, 1.807) is 4.90 Å². The van der Waals surface area contributed by atoms with Crippen molar-refractivity contribution in [2.45, 2.75) is 12.8 Å². The molecular formula is C22H19ClN2O2. The highest BCUT2D eigenvalue weighted by atomic mass is 35.5. The summed E-state index contributed by atoms with van der Waals surface area (Å²) in [4.78, 5) is 26.6. The Morgan fingerprint density at radius 3 is 2.52 bits per heavy atom. The zero-order valence-corrected chi connectivity index (χ0v) is 15.5. The lowest BCUT2D eigenvalue weighted by Gasteiger charge is -2.17. The third-order valence-electron chi connectivity index (χ3n) is 4.83. The van der Waals surface area contributed by atoms with Crippen LogP contribution in [-0.4, -0.2) is 24.9 Å². The third kappa shape index (κ3) is 3.53. The number of benzene rings is 3. The Morgan fingerprint density at radius 2 is 1.74 bits per heavy atom. The summed E-state index contributed by atoms with van der Waals surface area (Å²) in [5.41, 5.74) is 2.66. The second-order valence-corrected chi connectivity index (χ2v) is 7.09. The van der Waals surface area contributed by atoms with Gasteiger partial charge in [-0.15, -0.1) is 0 Å². The predicted molar refractivity (Wildman–Crippen MR) is 108 cm³/mol. The molecule has 3 aromatic carbocycles. The molecule has 0 aromatic heterocycles. The van der Waals surface area contributed by atoms with Crippen molar-refractivity contribution in [3.05, 3.63) is 76.8 Å². The molecule has 4 rings (SSSR count). The van der Waals surface area contributed by atoms with E-state index in [0.717, 1.165) is 34.3 Å². The van der Waals surface area contributed by atoms with E-state index in [0.29, 0.717) is 12.1 Å². The number of aryl methyl sites for hydroxylation is 1. The smallest absolute Gasteiger partial charge is 0.259 e. The summed E-state index contributed by atoms with van der Waals surface area (Å²) in [6.07, 6.45) is 1.70. The first-order valence-corrected chi connectivity index (χ1v) is 9.36. The molecule has 1 aliphatic heterocycles. The normalized spacial score (nSPS) is 12.6. The van der Waals surface area contributed by atoms with Crippen molar-refractivity contribution < 1.29 is 9.59 Å². The molecule has 0 aliphatic carbocycles. The Labute approximate surface area is 162 Å². The van der Waals surface area contributed by atoms with Crippen LogP contribution in [0.4, 0.5) is 5.69 Å². The maximum Gasteiger partial charge on any atom is 0.259 e. The van der Waals surface area contributed by atoms with E-state index in [1.165, 1.54) is 5.56 Å². The van der Waals surface area contributed by atoms with E-state index in [9.17, 15) is 9.59 Å². The van der Waals surface area contributed by atoms with Crippen molar-refractivity contribution in [1.29, 1.82) is 0 Å². The molecule has 3 aromatic rings. The van der Waals surface area contributed by atoms with E-state index >= 15 is 0 Å². The van der Waals surface area contributed by atoms with E-state index < -0.39 is 0 Å². The van der Waals surface area contributed by atoms with Crippen LogP contribution in [0, 0.1) is 0 Å². The highest BCUT2D eigenvalue weighted by Crippen LogP contribution is 2.36. The lowest BCUT2D eigenvalue weighted by atomic mass is 10.1. The van der Waals surface area contributed by atoms with Crippen molar-refractivity contribution in [2.75, 3.05) is 18.0 Å². The fraction of sp³-hybridized carbons (Fsp3) is 0.182. The Bertz CT molecular complexity index is 1010. The fourth-order valence-corrected chi connectivity index (χ4v) is 3.63. The first-order valence-electron chi connectivity index (χ1n) is 8.98. The van der Waals surface area contributed by atoms with Crippen molar-refractivity contribution in [3.8, 4) is 0 Å². The molecule has 0 atom stereocenters. The highest BCUT2D eigenvalue weighted by molar-refractivity contribution is 6.30. The zero-order valence-electron chi connectivity index (χ0n) is 14.7. The van der Waals surface area contributed by atoms with Crippen LogP contribution < -0.4 is 10.2 Å².